The molecule has 3 heteroatoms. The summed E-state index contributed by atoms with van der Waals surface area (Å²) in [5, 5.41) is 0. The molecule has 0 radical (unpaired) electrons. The zero-order valence-corrected chi connectivity index (χ0v) is 7.83. The van der Waals surface area contributed by atoms with Crippen LogP contribution in [-0.2, 0) is 4.74 Å². The second-order valence-corrected chi connectivity index (χ2v) is 3.88. The summed E-state index contributed by atoms with van der Waals surface area (Å²) in [4.78, 5) is 4.99. The largest absolute Gasteiger partial charge is 0.378 e. The van der Waals surface area contributed by atoms with Crippen LogP contribution in [-0.4, -0.2) is 62.3 Å². The molecule has 0 N–H and O–H groups in total. The molecule has 70 valence electrons. The lowest BCUT2D eigenvalue weighted by Crippen LogP contribution is -2.50. The van der Waals surface area contributed by atoms with Crippen molar-refractivity contribution in [2.24, 2.45) is 0 Å². The van der Waals surface area contributed by atoms with E-state index >= 15 is 0 Å². The maximum absolute atomic E-state index is 5.20. The molecule has 2 fully saturated rings. The third-order valence-electron chi connectivity index (χ3n) is 2.89. The van der Waals surface area contributed by atoms with Gasteiger partial charge in [0.15, 0.2) is 0 Å². The Morgan fingerprint density at radius 2 is 1.92 bits per heavy atom. The van der Waals surface area contributed by atoms with Crippen molar-refractivity contribution in [1.29, 1.82) is 0 Å². The fourth-order valence-corrected chi connectivity index (χ4v) is 1.87. The Morgan fingerprint density at radius 1 is 1.08 bits per heavy atom. The van der Waals surface area contributed by atoms with Gasteiger partial charge in [-0.2, -0.15) is 0 Å². The number of nitrogens with zero attached hydrogens (tertiary/aromatic N) is 2. The summed E-state index contributed by atoms with van der Waals surface area (Å²) in [6.07, 6.45) is 1.31. The normalized spacial score (nSPS) is 29.8. The number of ether oxygens (including phenoxy) is 1. The average molecular weight is 170 g/mol. The summed E-state index contributed by atoms with van der Waals surface area (Å²) in [5.74, 6) is 0. The van der Waals surface area contributed by atoms with Gasteiger partial charge >= 0.3 is 0 Å². The first kappa shape index (κ1) is 8.48. The molecule has 0 unspecified atom stereocenters. The molecule has 0 aromatic heterocycles. The Morgan fingerprint density at radius 3 is 2.58 bits per heavy atom. The van der Waals surface area contributed by atoms with Gasteiger partial charge in [-0.3, -0.25) is 4.90 Å². The Hall–Kier alpha value is -0.120. The standard InChI is InChI=1S/C9H18N2O/c1-10-3-2-4-11(6-5-10)9-7-12-8-9/h9H,2-8H2,1H3. The van der Waals surface area contributed by atoms with Crippen LogP contribution in [0.1, 0.15) is 6.42 Å². The third-order valence-corrected chi connectivity index (χ3v) is 2.89. The van der Waals surface area contributed by atoms with Crippen molar-refractivity contribution in [2.45, 2.75) is 12.5 Å². The van der Waals surface area contributed by atoms with Crippen LogP contribution in [0.3, 0.4) is 0 Å². The molecular weight excluding hydrogens is 152 g/mol. The van der Waals surface area contributed by atoms with Crippen LogP contribution < -0.4 is 0 Å². The maximum atomic E-state index is 5.20. The summed E-state index contributed by atoms with van der Waals surface area (Å²) in [5.41, 5.74) is 0. The Balaban J connectivity index is 1.81. The van der Waals surface area contributed by atoms with Crippen molar-refractivity contribution in [3.05, 3.63) is 0 Å². The van der Waals surface area contributed by atoms with Crippen LogP contribution in [0.5, 0.6) is 0 Å². The highest BCUT2D eigenvalue weighted by Gasteiger charge is 2.26. The second kappa shape index (κ2) is 3.73. The van der Waals surface area contributed by atoms with Gasteiger partial charge in [0.1, 0.15) is 0 Å². The topological polar surface area (TPSA) is 15.7 Å². The predicted molar refractivity (Wildman–Crippen MR) is 48.3 cm³/mol. The summed E-state index contributed by atoms with van der Waals surface area (Å²) >= 11 is 0. The fourth-order valence-electron chi connectivity index (χ4n) is 1.87. The van der Waals surface area contributed by atoms with E-state index in [0.29, 0.717) is 0 Å². The molecule has 0 aliphatic carbocycles. The first-order chi connectivity index (χ1) is 5.86. The van der Waals surface area contributed by atoms with E-state index in [2.05, 4.69) is 16.8 Å². The van der Waals surface area contributed by atoms with E-state index in [-0.39, 0.29) is 0 Å². The van der Waals surface area contributed by atoms with Crippen LogP contribution in [0.2, 0.25) is 0 Å². The minimum absolute atomic E-state index is 0.733. The third kappa shape index (κ3) is 1.79. The summed E-state index contributed by atoms with van der Waals surface area (Å²) in [7, 11) is 2.21. The minimum atomic E-state index is 0.733. The highest BCUT2D eigenvalue weighted by atomic mass is 16.5. The molecule has 2 rings (SSSR count). The van der Waals surface area contributed by atoms with Crippen LogP contribution in [0.25, 0.3) is 0 Å². The molecule has 2 aliphatic rings. The van der Waals surface area contributed by atoms with E-state index < -0.39 is 0 Å². The molecule has 0 bridgehead atoms. The van der Waals surface area contributed by atoms with Gasteiger partial charge in [0.25, 0.3) is 0 Å². The molecule has 2 saturated heterocycles. The van der Waals surface area contributed by atoms with Crippen LogP contribution in [0.4, 0.5) is 0 Å². The van der Waals surface area contributed by atoms with Crippen molar-refractivity contribution in [3.63, 3.8) is 0 Å². The second-order valence-electron chi connectivity index (χ2n) is 3.88. The van der Waals surface area contributed by atoms with Gasteiger partial charge in [0.2, 0.25) is 0 Å². The van der Waals surface area contributed by atoms with Crippen molar-refractivity contribution < 1.29 is 4.74 Å². The van der Waals surface area contributed by atoms with Crippen molar-refractivity contribution in [3.8, 4) is 0 Å². The molecule has 0 aromatic rings. The smallest absolute Gasteiger partial charge is 0.0645 e. The molecule has 3 nitrogen and oxygen atoms in total. The molecule has 0 spiro atoms. The number of rotatable bonds is 1. The molecule has 0 saturated carbocycles. The predicted octanol–water partition coefficient (Wildman–Crippen LogP) is 0.0227. The molecular formula is C9H18N2O. The highest BCUT2D eigenvalue weighted by Crippen LogP contribution is 2.12. The van der Waals surface area contributed by atoms with E-state index in [4.69, 9.17) is 4.74 Å². The highest BCUT2D eigenvalue weighted by molar-refractivity contribution is 4.79. The molecule has 0 atom stereocenters. The number of likely N-dealkylation sites (N-methyl/N-ethyl adjacent to an activating group) is 1. The van der Waals surface area contributed by atoms with E-state index in [1.54, 1.807) is 0 Å². The molecule has 0 amide bonds. The van der Waals surface area contributed by atoms with Crippen LogP contribution in [0, 0.1) is 0 Å². The van der Waals surface area contributed by atoms with Gasteiger partial charge in [-0.1, -0.05) is 0 Å². The zero-order chi connectivity index (χ0) is 8.39. The summed E-state index contributed by atoms with van der Waals surface area (Å²) in [6, 6.07) is 0.733. The Labute approximate surface area is 74.3 Å². The first-order valence-corrected chi connectivity index (χ1v) is 4.86. The van der Waals surface area contributed by atoms with Crippen LogP contribution >= 0.6 is 0 Å². The van der Waals surface area contributed by atoms with Crippen molar-refractivity contribution in [1.82, 2.24) is 9.80 Å². The molecule has 2 aliphatic heterocycles. The molecule has 12 heavy (non-hydrogen) atoms. The maximum Gasteiger partial charge on any atom is 0.0645 e. The van der Waals surface area contributed by atoms with Gasteiger partial charge in [-0.25, -0.2) is 0 Å². The number of hydrogen-bond acceptors (Lipinski definition) is 3. The van der Waals surface area contributed by atoms with Gasteiger partial charge in [0.05, 0.1) is 19.3 Å². The number of hydrogen-bond donors (Lipinski definition) is 0. The monoisotopic (exact) mass is 170 g/mol. The van der Waals surface area contributed by atoms with E-state index in [1.807, 2.05) is 0 Å². The quantitative estimate of drug-likeness (QED) is 0.552. The first-order valence-electron chi connectivity index (χ1n) is 4.86. The van der Waals surface area contributed by atoms with Gasteiger partial charge in [0, 0.05) is 13.1 Å². The lowest BCUT2D eigenvalue weighted by molar-refractivity contribution is -0.0632. The lowest BCUT2D eigenvalue weighted by atomic mass is 10.2. The van der Waals surface area contributed by atoms with Gasteiger partial charge in [-0.15, -0.1) is 0 Å². The van der Waals surface area contributed by atoms with Crippen molar-refractivity contribution >= 4 is 0 Å². The average Bonchev–Trinajstić information content (AvgIpc) is 2.12. The van der Waals surface area contributed by atoms with Gasteiger partial charge < -0.3 is 9.64 Å². The van der Waals surface area contributed by atoms with E-state index in [0.717, 1.165) is 19.3 Å². The molecule has 2 heterocycles. The SMILES string of the molecule is CN1CCCN(C2COC2)CC1. The zero-order valence-electron chi connectivity index (χ0n) is 7.83. The van der Waals surface area contributed by atoms with E-state index in [1.165, 1.54) is 32.6 Å². The Kier molecular flexibility index (Phi) is 2.63. The summed E-state index contributed by atoms with van der Waals surface area (Å²) < 4.78 is 5.20. The van der Waals surface area contributed by atoms with E-state index in [9.17, 15) is 0 Å². The van der Waals surface area contributed by atoms with Crippen LogP contribution in [0.15, 0.2) is 0 Å². The summed E-state index contributed by atoms with van der Waals surface area (Å²) in [6.45, 7) is 6.89. The minimum Gasteiger partial charge on any atom is -0.378 e. The molecule has 0 aromatic carbocycles. The fraction of sp³-hybridized carbons (Fsp3) is 1.00. The van der Waals surface area contributed by atoms with Gasteiger partial charge in [-0.05, 0) is 26.6 Å². The Bertz CT molecular complexity index is 147. The van der Waals surface area contributed by atoms with Crippen molar-refractivity contribution in [2.75, 3.05) is 46.4 Å². The lowest BCUT2D eigenvalue weighted by Gasteiger charge is -2.36.